The number of rotatable bonds is 3. The van der Waals surface area contributed by atoms with Gasteiger partial charge in [-0.3, -0.25) is 4.79 Å². The molecule has 1 unspecified atom stereocenters. The fraction of sp³-hybridized carbons (Fsp3) is 0.0870. The van der Waals surface area contributed by atoms with Gasteiger partial charge in [0, 0.05) is 28.9 Å². The molecule has 0 spiro atoms. The molecule has 6 nitrogen and oxygen atoms in total. The minimum absolute atomic E-state index is 0.259. The second-order valence-corrected chi connectivity index (χ2v) is 7.35. The Morgan fingerprint density at radius 3 is 2.58 bits per heavy atom. The van der Waals surface area contributed by atoms with Gasteiger partial charge in [0.05, 0.1) is 11.4 Å². The lowest BCUT2D eigenvalue weighted by Gasteiger charge is -2.21. The van der Waals surface area contributed by atoms with Crippen LogP contribution in [0, 0.1) is 5.82 Å². The molecule has 1 aliphatic rings. The highest BCUT2D eigenvalue weighted by atomic mass is 35.5. The van der Waals surface area contributed by atoms with Crippen molar-refractivity contribution in [2.24, 2.45) is 4.99 Å². The van der Waals surface area contributed by atoms with Crippen molar-refractivity contribution in [2.75, 3.05) is 17.3 Å². The second kappa shape index (κ2) is 8.57. The number of amides is 3. The Bertz CT molecular complexity index is 1180. The van der Waals surface area contributed by atoms with E-state index in [0.29, 0.717) is 22.0 Å². The Hall–Kier alpha value is -3.71. The standard InChI is InChI=1S/C23H18ClFN4O2/c1-29-19-11-10-15(24)12-18(19)20(14-6-3-2-4-7-14)27-21(22(29)30)28-23(31)26-17-9-5-8-16(25)13-17/h2-13,21H,1H3,(H2,26,28,31). The van der Waals surface area contributed by atoms with Gasteiger partial charge in [0.1, 0.15) is 5.82 Å². The Kier molecular flexibility index (Phi) is 5.68. The first kappa shape index (κ1) is 20.6. The molecule has 8 heteroatoms. The minimum atomic E-state index is -1.19. The summed E-state index contributed by atoms with van der Waals surface area (Å²) in [4.78, 5) is 31.6. The van der Waals surface area contributed by atoms with Gasteiger partial charge < -0.3 is 15.5 Å². The van der Waals surface area contributed by atoms with Crippen LogP contribution in [0.25, 0.3) is 0 Å². The number of fused-ring (bicyclic) bond motifs is 1. The smallest absolute Gasteiger partial charge is 0.311 e. The van der Waals surface area contributed by atoms with Crippen LogP contribution in [0.1, 0.15) is 11.1 Å². The predicted octanol–water partition coefficient (Wildman–Crippen LogP) is 4.44. The Morgan fingerprint density at radius 2 is 1.84 bits per heavy atom. The number of urea groups is 1. The zero-order valence-electron chi connectivity index (χ0n) is 16.5. The van der Waals surface area contributed by atoms with E-state index in [1.807, 2.05) is 30.3 Å². The monoisotopic (exact) mass is 436 g/mol. The summed E-state index contributed by atoms with van der Waals surface area (Å²) in [6, 6.07) is 19.3. The van der Waals surface area contributed by atoms with Crippen molar-refractivity contribution >= 4 is 40.6 Å². The fourth-order valence-corrected chi connectivity index (χ4v) is 3.50. The molecule has 0 radical (unpaired) electrons. The molecule has 2 N–H and O–H groups in total. The van der Waals surface area contributed by atoms with Crippen molar-refractivity contribution in [3.05, 3.63) is 94.8 Å². The summed E-state index contributed by atoms with van der Waals surface area (Å²) in [6.07, 6.45) is -1.19. The third-order valence-corrected chi connectivity index (χ3v) is 5.03. The molecule has 0 aliphatic carbocycles. The number of carbonyl (C=O) groups is 2. The number of halogens is 2. The summed E-state index contributed by atoms with van der Waals surface area (Å²) in [5.41, 5.74) is 2.84. The molecular weight excluding hydrogens is 419 g/mol. The zero-order valence-corrected chi connectivity index (χ0v) is 17.2. The number of hydrogen-bond donors (Lipinski definition) is 2. The highest BCUT2D eigenvalue weighted by molar-refractivity contribution is 6.32. The summed E-state index contributed by atoms with van der Waals surface area (Å²) in [5.74, 6) is -0.913. The quantitative estimate of drug-likeness (QED) is 0.637. The van der Waals surface area contributed by atoms with Crippen LogP contribution < -0.4 is 15.5 Å². The van der Waals surface area contributed by atoms with Crippen molar-refractivity contribution in [2.45, 2.75) is 6.17 Å². The molecular formula is C23H18ClFN4O2. The third kappa shape index (κ3) is 4.41. The lowest BCUT2D eigenvalue weighted by atomic mass is 10.0. The van der Waals surface area contributed by atoms with Crippen molar-refractivity contribution in [3.63, 3.8) is 0 Å². The molecule has 31 heavy (non-hydrogen) atoms. The van der Waals surface area contributed by atoms with E-state index in [1.165, 1.54) is 23.1 Å². The highest BCUT2D eigenvalue weighted by Crippen LogP contribution is 2.29. The molecule has 1 aliphatic heterocycles. The first-order valence-corrected chi connectivity index (χ1v) is 9.84. The van der Waals surface area contributed by atoms with Crippen LogP contribution in [0.2, 0.25) is 5.02 Å². The summed E-state index contributed by atoms with van der Waals surface area (Å²) in [6.45, 7) is 0. The van der Waals surface area contributed by atoms with Gasteiger partial charge in [-0.2, -0.15) is 0 Å². The van der Waals surface area contributed by atoms with Crippen LogP contribution in [0.3, 0.4) is 0 Å². The topological polar surface area (TPSA) is 73.8 Å². The predicted molar refractivity (Wildman–Crippen MR) is 119 cm³/mol. The summed E-state index contributed by atoms with van der Waals surface area (Å²) < 4.78 is 13.4. The molecule has 0 saturated carbocycles. The molecule has 3 aromatic rings. The number of nitrogens with zero attached hydrogens (tertiary/aromatic N) is 2. The number of hydrogen-bond acceptors (Lipinski definition) is 3. The van der Waals surface area contributed by atoms with Gasteiger partial charge in [-0.1, -0.05) is 48.0 Å². The van der Waals surface area contributed by atoms with Gasteiger partial charge >= 0.3 is 6.03 Å². The van der Waals surface area contributed by atoms with Crippen molar-refractivity contribution in [1.82, 2.24) is 5.32 Å². The highest BCUT2D eigenvalue weighted by Gasteiger charge is 2.31. The average Bonchev–Trinajstić information content (AvgIpc) is 2.85. The van der Waals surface area contributed by atoms with Crippen molar-refractivity contribution < 1.29 is 14.0 Å². The van der Waals surface area contributed by atoms with Gasteiger partial charge in [0.15, 0.2) is 0 Å². The lowest BCUT2D eigenvalue weighted by Crippen LogP contribution is -2.47. The summed E-state index contributed by atoms with van der Waals surface area (Å²) in [7, 11) is 1.61. The average molecular weight is 437 g/mol. The van der Waals surface area contributed by atoms with E-state index in [2.05, 4.69) is 15.6 Å². The summed E-state index contributed by atoms with van der Waals surface area (Å²) in [5, 5.41) is 5.59. The number of nitrogens with one attached hydrogen (secondary N) is 2. The van der Waals surface area contributed by atoms with E-state index in [0.717, 1.165) is 5.56 Å². The minimum Gasteiger partial charge on any atom is -0.311 e. The largest absolute Gasteiger partial charge is 0.321 e. The van der Waals surface area contributed by atoms with E-state index in [1.54, 1.807) is 31.3 Å². The molecule has 0 saturated heterocycles. The van der Waals surface area contributed by atoms with E-state index in [9.17, 15) is 14.0 Å². The molecule has 1 atom stereocenters. The Morgan fingerprint density at radius 1 is 1.06 bits per heavy atom. The normalized spacial score (nSPS) is 15.6. The number of benzene rings is 3. The zero-order chi connectivity index (χ0) is 22.0. The molecule has 1 heterocycles. The van der Waals surface area contributed by atoms with E-state index in [4.69, 9.17) is 11.6 Å². The van der Waals surface area contributed by atoms with Gasteiger partial charge in [-0.25, -0.2) is 14.2 Å². The number of aliphatic imine (C=N–C) groups is 1. The van der Waals surface area contributed by atoms with Crippen LogP contribution in [0.5, 0.6) is 0 Å². The number of anilines is 2. The fourth-order valence-electron chi connectivity index (χ4n) is 3.32. The maximum absolute atomic E-state index is 13.4. The molecule has 156 valence electrons. The van der Waals surface area contributed by atoms with Gasteiger partial charge in [0.2, 0.25) is 6.17 Å². The van der Waals surface area contributed by atoms with Crippen LogP contribution in [0.15, 0.2) is 77.8 Å². The van der Waals surface area contributed by atoms with Crippen molar-refractivity contribution in [3.8, 4) is 0 Å². The summed E-state index contributed by atoms with van der Waals surface area (Å²) >= 11 is 6.22. The first-order chi connectivity index (χ1) is 14.9. The number of carbonyl (C=O) groups excluding carboxylic acids is 2. The first-order valence-electron chi connectivity index (χ1n) is 9.46. The molecule has 0 fully saturated rings. The lowest BCUT2D eigenvalue weighted by molar-refractivity contribution is -0.119. The van der Waals surface area contributed by atoms with Crippen LogP contribution >= 0.6 is 11.6 Å². The SMILES string of the molecule is CN1C(=O)C(NC(=O)Nc2cccc(F)c2)N=C(c2ccccc2)c2cc(Cl)ccc21. The third-order valence-electron chi connectivity index (χ3n) is 4.80. The van der Waals surface area contributed by atoms with Crippen LogP contribution in [-0.2, 0) is 4.79 Å². The van der Waals surface area contributed by atoms with Gasteiger partial charge in [-0.05, 0) is 36.4 Å². The van der Waals surface area contributed by atoms with Gasteiger partial charge in [-0.15, -0.1) is 0 Å². The second-order valence-electron chi connectivity index (χ2n) is 6.91. The number of benzodiazepines with no additional fused rings is 1. The maximum Gasteiger partial charge on any atom is 0.321 e. The number of likely N-dealkylation sites (N-methyl/N-ethyl adjacent to an activating group) is 1. The molecule has 3 amide bonds. The molecule has 4 rings (SSSR count). The van der Waals surface area contributed by atoms with Gasteiger partial charge in [0.25, 0.3) is 5.91 Å². The molecule has 3 aromatic carbocycles. The van der Waals surface area contributed by atoms with E-state index >= 15 is 0 Å². The molecule has 0 aromatic heterocycles. The maximum atomic E-state index is 13.4. The van der Waals surface area contributed by atoms with Crippen LogP contribution in [-0.4, -0.2) is 30.9 Å². The Balaban J connectivity index is 1.71. The van der Waals surface area contributed by atoms with E-state index in [-0.39, 0.29) is 5.69 Å². The van der Waals surface area contributed by atoms with Crippen molar-refractivity contribution in [1.29, 1.82) is 0 Å². The Labute approximate surface area is 183 Å². The van der Waals surface area contributed by atoms with Crippen LogP contribution in [0.4, 0.5) is 20.6 Å². The molecule has 0 bridgehead atoms. The van der Waals surface area contributed by atoms with E-state index < -0.39 is 23.9 Å².